The fourth-order valence-corrected chi connectivity index (χ4v) is 9.02. The first-order valence-electron chi connectivity index (χ1n) is 25.1. The Bertz CT molecular complexity index is 3570. The van der Waals surface area contributed by atoms with Gasteiger partial charge in [0, 0.05) is 44.3 Å². The predicted molar refractivity (Wildman–Crippen MR) is 274 cm³/mol. The van der Waals surface area contributed by atoms with Gasteiger partial charge in [-0.3, -0.25) is 0 Å². The molecule has 2 aliphatic rings. The highest BCUT2D eigenvalue weighted by Gasteiger charge is 2.37. The quantitative estimate of drug-likeness (QED) is 0.0254. The van der Waals surface area contributed by atoms with Gasteiger partial charge in [0.05, 0.1) is 71.5 Å². The SMILES string of the molecule is OCC(O)COc1c(F)c(F)c(-c2c3nc(c(-c4c(F)c(F)c(OCC(O)CO)c(F)c4F)c4ccc([nH]4)c(-c4c(F)c(F)c(OCC(O)CO)c(F)c4F)c4nc(c(-c5c(F)c(F)c(OCC(O)CO)c(F)c5F)c5ccc2[nH]5)C=C4)C=C3)c(F)c1F. The second-order valence-corrected chi connectivity index (χ2v) is 18.9. The summed E-state index contributed by atoms with van der Waals surface area (Å²) in [5.41, 5.74) is -19.8. The summed E-state index contributed by atoms with van der Waals surface area (Å²) >= 11 is 0. The van der Waals surface area contributed by atoms with Crippen LogP contribution >= 0.6 is 0 Å². The van der Waals surface area contributed by atoms with Crippen molar-refractivity contribution in [3.63, 3.8) is 0 Å². The topological polar surface area (TPSA) is 256 Å². The van der Waals surface area contributed by atoms with Crippen LogP contribution in [0.2, 0.25) is 0 Å². The number of halogens is 16. The molecule has 9 rings (SSSR count). The normalized spacial score (nSPS) is 13.5. The third-order valence-corrected chi connectivity index (χ3v) is 13.2. The Morgan fingerprint density at radius 2 is 0.455 bits per heavy atom. The predicted octanol–water partition coefficient (Wildman–Crippen LogP) is 8.48. The van der Waals surface area contributed by atoms with Crippen LogP contribution in [0.1, 0.15) is 22.8 Å². The molecule has 4 unspecified atom stereocenters. The molecular formula is C56H38F16N4O12. The van der Waals surface area contributed by atoms with Crippen molar-refractivity contribution in [1.82, 2.24) is 19.9 Å². The largest absolute Gasteiger partial charge is 0.485 e. The number of ether oxygens (including phenoxy) is 4. The first-order valence-corrected chi connectivity index (χ1v) is 25.1. The molecule has 10 N–H and O–H groups in total. The molecule has 8 bridgehead atoms. The molecule has 0 fully saturated rings. The summed E-state index contributed by atoms with van der Waals surface area (Å²) < 4.78 is 282. The molecule has 0 saturated carbocycles. The summed E-state index contributed by atoms with van der Waals surface area (Å²) in [6, 6.07) is 2.73. The minimum absolute atomic E-state index is 0.656. The second kappa shape index (κ2) is 25.5. The van der Waals surface area contributed by atoms with E-state index in [0.29, 0.717) is 48.6 Å². The number of aliphatic hydroxyl groups excluding tert-OH is 8. The van der Waals surface area contributed by atoms with Gasteiger partial charge in [-0.15, -0.1) is 0 Å². The molecule has 2 aliphatic heterocycles. The summed E-state index contributed by atoms with van der Waals surface area (Å²) in [6.07, 6.45) is -4.99. The molecule has 88 heavy (non-hydrogen) atoms. The zero-order valence-corrected chi connectivity index (χ0v) is 43.7. The van der Waals surface area contributed by atoms with Crippen molar-refractivity contribution in [2.24, 2.45) is 0 Å². The van der Waals surface area contributed by atoms with Gasteiger partial charge in [0.2, 0.25) is 46.5 Å². The lowest BCUT2D eigenvalue weighted by Crippen LogP contribution is -2.22. The van der Waals surface area contributed by atoms with E-state index < -0.39 is 283 Å². The number of aromatic nitrogens is 4. The molecule has 0 spiro atoms. The number of rotatable bonds is 20. The minimum atomic E-state index is -2.40. The summed E-state index contributed by atoms with van der Waals surface area (Å²) in [7, 11) is 0. The molecular weight excluding hydrogens is 1220 g/mol. The minimum Gasteiger partial charge on any atom is -0.485 e. The van der Waals surface area contributed by atoms with Crippen molar-refractivity contribution in [3.05, 3.63) is 140 Å². The van der Waals surface area contributed by atoms with Crippen molar-refractivity contribution >= 4 is 46.4 Å². The maximum absolute atomic E-state index is 16.8. The molecule has 4 atom stereocenters. The average Bonchev–Trinajstić information content (AvgIpc) is 1.68. The number of H-pyrrole nitrogens is 2. The Labute approximate surface area is 480 Å². The number of aliphatic hydroxyl groups is 8. The van der Waals surface area contributed by atoms with Crippen LogP contribution in [-0.2, 0) is 0 Å². The second-order valence-electron chi connectivity index (χ2n) is 18.9. The number of nitrogens with one attached hydrogen (secondary N) is 2. The van der Waals surface area contributed by atoms with Crippen molar-refractivity contribution < 1.29 is 130 Å². The standard InChI is InChI=1S/C56H38F16N4O12/c57-37-33(38(58)46(66)53(45(37)65)85-13-17(81)9-77)29-21-1-2-22(73-21)30(34-39(59)47(67)54(48(68)40(34)60)86-14-18(82)10-78)24-5-6-26(75-24)32(36-43(63)51(71)56(52(72)44(36)64)88-16-20(84)12-80)28-8-7-27(76-28)31(25-4-3-23(29)74-25)35-41(61)49(69)55(50(70)42(35)62)87-15-19(83)11-79/h1-8,17-20,73,76-84H,9-16H2. The summed E-state index contributed by atoms with van der Waals surface area (Å²) in [4.78, 5) is 13.0. The van der Waals surface area contributed by atoms with Crippen LogP contribution in [0.25, 0.3) is 90.9 Å². The molecule has 16 nitrogen and oxygen atoms in total. The van der Waals surface area contributed by atoms with Gasteiger partial charge in [-0.25, -0.2) is 45.1 Å². The summed E-state index contributed by atoms with van der Waals surface area (Å²) in [5.74, 6) is -45.6. The molecule has 466 valence electrons. The van der Waals surface area contributed by atoms with E-state index >= 15 is 70.2 Å². The van der Waals surface area contributed by atoms with Crippen molar-refractivity contribution in [2.75, 3.05) is 52.9 Å². The number of nitrogens with zero attached hydrogens (tertiary/aromatic N) is 2. The van der Waals surface area contributed by atoms with E-state index in [9.17, 15) is 40.9 Å². The molecule has 32 heteroatoms. The monoisotopic (exact) mass is 1260 g/mol. The third kappa shape index (κ3) is 11.3. The van der Waals surface area contributed by atoms with Crippen molar-refractivity contribution in [1.29, 1.82) is 0 Å². The third-order valence-electron chi connectivity index (χ3n) is 13.2. The summed E-state index contributed by atoms with van der Waals surface area (Å²) in [6.45, 7) is -9.21. The van der Waals surface area contributed by atoms with Gasteiger partial charge in [-0.05, 0) is 48.6 Å². The smallest absolute Gasteiger partial charge is 0.204 e. The Morgan fingerprint density at radius 3 is 0.614 bits per heavy atom. The lowest BCUT2D eigenvalue weighted by Gasteiger charge is -2.16. The molecule has 0 aliphatic carbocycles. The van der Waals surface area contributed by atoms with Crippen molar-refractivity contribution in [3.8, 4) is 67.5 Å². The Kier molecular flexibility index (Phi) is 18.5. The fraction of sp³-hybridized carbons (Fsp3) is 0.214. The van der Waals surface area contributed by atoms with Crippen LogP contribution < -0.4 is 18.9 Å². The van der Waals surface area contributed by atoms with Crippen LogP contribution in [0.4, 0.5) is 70.2 Å². The van der Waals surface area contributed by atoms with Gasteiger partial charge in [0.15, 0.2) is 69.5 Å². The van der Waals surface area contributed by atoms with Crippen LogP contribution in [0, 0.1) is 93.1 Å². The Balaban J connectivity index is 1.51. The zero-order chi connectivity index (χ0) is 64.1. The Morgan fingerprint density at radius 1 is 0.284 bits per heavy atom. The van der Waals surface area contributed by atoms with E-state index in [4.69, 9.17) is 18.9 Å². The van der Waals surface area contributed by atoms with Gasteiger partial charge in [-0.2, -0.15) is 35.1 Å². The van der Waals surface area contributed by atoms with Crippen molar-refractivity contribution in [2.45, 2.75) is 24.4 Å². The lowest BCUT2D eigenvalue weighted by molar-refractivity contribution is 0.0504. The molecule has 3 aromatic heterocycles. The van der Waals surface area contributed by atoms with Gasteiger partial charge >= 0.3 is 0 Å². The zero-order valence-electron chi connectivity index (χ0n) is 43.7. The molecule has 0 radical (unpaired) electrons. The number of hydrogen-bond donors (Lipinski definition) is 10. The average molecular weight is 1260 g/mol. The maximum atomic E-state index is 16.8. The van der Waals surface area contributed by atoms with Crippen LogP contribution in [-0.4, -0.2) is 138 Å². The highest BCUT2D eigenvalue weighted by Crippen LogP contribution is 2.47. The molecule has 5 heterocycles. The first kappa shape index (κ1) is 63.7. The van der Waals surface area contributed by atoms with Gasteiger partial charge in [-0.1, -0.05) is 0 Å². The number of aromatic amines is 2. The van der Waals surface area contributed by atoms with Gasteiger partial charge < -0.3 is 69.8 Å². The molecule has 0 saturated heterocycles. The number of fused-ring (bicyclic) bond motifs is 8. The van der Waals surface area contributed by atoms with Crippen LogP contribution in [0.15, 0.2) is 24.3 Å². The molecule has 0 amide bonds. The molecule has 7 aromatic rings. The van der Waals surface area contributed by atoms with Crippen LogP contribution in [0.5, 0.6) is 23.0 Å². The maximum Gasteiger partial charge on any atom is 0.204 e. The highest BCUT2D eigenvalue weighted by molar-refractivity contribution is 6.00. The van der Waals surface area contributed by atoms with E-state index in [1.54, 1.807) is 0 Å². The van der Waals surface area contributed by atoms with E-state index in [2.05, 4.69) is 19.9 Å². The summed E-state index contributed by atoms with van der Waals surface area (Å²) in [5, 5.41) is 76.0. The van der Waals surface area contributed by atoms with E-state index in [1.807, 2.05) is 0 Å². The van der Waals surface area contributed by atoms with E-state index in [-0.39, 0.29) is 0 Å². The fourth-order valence-electron chi connectivity index (χ4n) is 9.02. The number of benzene rings is 4. The van der Waals surface area contributed by atoms with Gasteiger partial charge in [0.1, 0.15) is 50.8 Å². The van der Waals surface area contributed by atoms with E-state index in [0.717, 1.165) is 0 Å². The Hall–Kier alpha value is -8.76. The first-order chi connectivity index (χ1) is 41.8. The highest BCUT2D eigenvalue weighted by atomic mass is 19.2. The number of hydrogen-bond acceptors (Lipinski definition) is 14. The van der Waals surface area contributed by atoms with E-state index in [1.165, 1.54) is 0 Å². The van der Waals surface area contributed by atoms with Gasteiger partial charge in [0.25, 0.3) is 0 Å². The lowest BCUT2D eigenvalue weighted by atomic mass is 10.0. The molecule has 4 aromatic carbocycles. The van der Waals surface area contributed by atoms with Crippen LogP contribution in [0.3, 0.4) is 0 Å².